The summed E-state index contributed by atoms with van der Waals surface area (Å²) in [6.45, 7) is 3.64. The van der Waals surface area contributed by atoms with Crippen LogP contribution in [0.15, 0.2) is 35.7 Å². The normalized spacial score (nSPS) is 18.5. The molecule has 2 aromatic rings. The zero-order valence-corrected chi connectivity index (χ0v) is 13.9. The zero-order valence-electron chi connectivity index (χ0n) is 13.0. The molecule has 0 aliphatic carbocycles. The van der Waals surface area contributed by atoms with E-state index in [1.165, 1.54) is 24.0 Å². The van der Waals surface area contributed by atoms with Gasteiger partial charge in [0.1, 0.15) is 5.75 Å². The standard InChI is InChI=1S/C18H21NO2S/c1-13(20)18-9-14(12-22-18)11-19-8-4-7-17(19)15-5-3-6-16(10-15)21-2/h3,5-6,9-10,12,17H,4,7-8,11H2,1-2H3. The van der Waals surface area contributed by atoms with Gasteiger partial charge in [0, 0.05) is 12.6 Å². The van der Waals surface area contributed by atoms with Gasteiger partial charge in [0.25, 0.3) is 0 Å². The van der Waals surface area contributed by atoms with E-state index in [4.69, 9.17) is 4.74 Å². The number of benzene rings is 1. The Balaban J connectivity index is 1.76. The molecule has 2 heterocycles. The van der Waals surface area contributed by atoms with Gasteiger partial charge >= 0.3 is 0 Å². The summed E-state index contributed by atoms with van der Waals surface area (Å²) in [5.74, 6) is 1.07. The minimum atomic E-state index is 0.155. The van der Waals surface area contributed by atoms with E-state index in [1.807, 2.05) is 12.1 Å². The Kier molecular flexibility index (Phi) is 4.60. The molecule has 1 aliphatic heterocycles. The van der Waals surface area contributed by atoms with Crippen molar-refractivity contribution in [3.05, 3.63) is 51.7 Å². The summed E-state index contributed by atoms with van der Waals surface area (Å²) in [7, 11) is 1.71. The summed E-state index contributed by atoms with van der Waals surface area (Å²) in [6.07, 6.45) is 2.39. The minimum Gasteiger partial charge on any atom is -0.497 e. The smallest absolute Gasteiger partial charge is 0.169 e. The second-order valence-electron chi connectivity index (χ2n) is 5.78. The predicted molar refractivity (Wildman–Crippen MR) is 89.7 cm³/mol. The number of Topliss-reactive ketones (excluding diaryl/α,β-unsaturated/α-hetero) is 1. The largest absolute Gasteiger partial charge is 0.497 e. The number of hydrogen-bond donors (Lipinski definition) is 0. The molecule has 4 heteroatoms. The summed E-state index contributed by atoms with van der Waals surface area (Å²) >= 11 is 1.55. The second-order valence-corrected chi connectivity index (χ2v) is 6.69. The third kappa shape index (κ3) is 3.23. The molecule has 0 bridgehead atoms. The van der Waals surface area contributed by atoms with Crippen LogP contribution in [0.1, 0.15) is 46.6 Å². The molecule has 3 rings (SSSR count). The van der Waals surface area contributed by atoms with Crippen molar-refractivity contribution in [2.75, 3.05) is 13.7 Å². The second kappa shape index (κ2) is 6.63. The van der Waals surface area contributed by atoms with Crippen molar-refractivity contribution in [3.63, 3.8) is 0 Å². The average Bonchev–Trinajstić information content (AvgIpc) is 3.17. The van der Waals surface area contributed by atoms with E-state index in [0.29, 0.717) is 6.04 Å². The van der Waals surface area contributed by atoms with Gasteiger partial charge < -0.3 is 4.74 Å². The third-order valence-electron chi connectivity index (χ3n) is 4.23. The first-order chi connectivity index (χ1) is 10.7. The molecular formula is C18H21NO2S. The number of hydrogen-bond acceptors (Lipinski definition) is 4. The number of methoxy groups -OCH3 is 1. The van der Waals surface area contributed by atoms with Crippen LogP contribution in [-0.2, 0) is 6.54 Å². The Morgan fingerprint density at radius 3 is 3.00 bits per heavy atom. The summed E-state index contributed by atoms with van der Waals surface area (Å²) in [4.78, 5) is 14.8. The minimum absolute atomic E-state index is 0.155. The molecule has 0 radical (unpaired) electrons. The number of rotatable bonds is 5. The molecular weight excluding hydrogens is 294 g/mol. The van der Waals surface area contributed by atoms with E-state index in [0.717, 1.165) is 23.7 Å². The quantitative estimate of drug-likeness (QED) is 0.771. The van der Waals surface area contributed by atoms with Crippen molar-refractivity contribution in [3.8, 4) is 5.75 Å². The first-order valence-corrected chi connectivity index (χ1v) is 8.51. The highest BCUT2D eigenvalue weighted by atomic mass is 32.1. The molecule has 0 saturated carbocycles. The Hall–Kier alpha value is -1.65. The van der Waals surface area contributed by atoms with Crippen LogP contribution < -0.4 is 4.74 Å². The first-order valence-electron chi connectivity index (χ1n) is 7.63. The highest BCUT2D eigenvalue weighted by Gasteiger charge is 2.26. The molecule has 1 saturated heterocycles. The molecule has 1 fully saturated rings. The molecule has 0 amide bonds. The number of carbonyl (C=O) groups is 1. The molecule has 3 nitrogen and oxygen atoms in total. The van der Waals surface area contributed by atoms with Crippen molar-refractivity contribution in [2.45, 2.75) is 32.4 Å². The van der Waals surface area contributed by atoms with E-state index >= 15 is 0 Å². The highest BCUT2D eigenvalue weighted by Crippen LogP contribution is 2.35. The number of carbonyl (C=O) groups excluding carboxylic acids is 1. The van der Waals surface area contributed by atoms with Crippen molar-refractivity contribution >= 4 is 17.1 Å². The topological polar surface area (TPSA) is 29.5 Å². The lowest BCUT2D eigenvalue weighted by molar-refractivity contribution is 0.102. The van der Waals surface area contributed by atoms with Gasteiger partial charge in [0.15, 0.2) is 5.78 Å². The van der Waals surface area contributed by atoms with E-state index in [-0.39, 0.29) is 5.78 Å². The van der Waals surface area contributed by atoms with Gasteiger partial charge in [-0.05, 0) is 61.0 Å². The fraction of sp³-hybridized carbons (Fsp3) is 0.389. The Morgan fingerprint density at radius 1 is 1.41 bits per heavy atom. The van der Waals surface area contributed by atoms with Gasteiger partial charge in [-0.15, -0.1) is 11.3 Å². The fourth-order valence-corrected chi connectivity index (χ4v) is 3.93. The summed E-state index contributed by atoms with van der Waals surface area (Å²) in [6, 6.07) is 10.8. The van der Waals surface area contributed by atoms with E-state index < -0.39 is 0 Å². The van der Waals surface area contributed by atoms with Crippen LogP contribution in [0.2, 0.25) is 0 Å². The molecule has 1 atom stereocenters. The molecule has 116 valence electrons. The molecule has 1 aromatic heterocycles. The van der Waals surface area contributed by atoms with Gasteiger partial charge in [-0.3, -0.25) is 9.69 Å². The molecule has 0 spiro atoms. The number of ether oxygens (including phenoxy) is 1. The molecule has 1 aromatic carbocycles. The van der Waals surface area contributed by atoms with Gasteiger partial charge in [-0.25, -0.2) is 0 Å². The molecule has 22 heavy (non-hydrogen) atoms. The average molecular weight is 315 g/mol. The monoisotopic (exact) mass is 315 g/mol. The van der Waals surface area contributed by atoms with Crippen LogP contribution >= 0.6 is 11.3 Å². The van der Waals surface area contributed by atoms with Crippen molar-refractivity contribution in [1.82, 2.24) is 4.90 Å². The fourth-order valence-electron chi connectivity index (χ4n) is 3.12. The van der Waals surface area contributed by atoms with Gasteiger partial charge in [-0.1, -0.05) is 12.1 Å². The predicted octanol–water partition coefficient (Wildman–Crippen LogP) is 4.30. The lowest BCUT2D eigenvalue weighted by atomic mass is 10.0. The SMILES string of the molecule is COc1cccc(C2CCCN2Cc2csc(C(C)=O)c2)c1. The maximum atomic E-state index is 11.4. The Bertz CT molecular complexity index is 665. The number of nitrogens with zero attached hydrogens (tertiary/aromatic N) is 1. The van der Waals surface area contributed by atoms with Crippen LogP contribution in [0.25, 0.3) is 0 Å². The maximum Gasteiger partial charge on any atom is 0.169 e. The summed E-state index contributed by atoms with van der Waals surface area (Å²) < 4.78 is 5.34. The number of thiophene rings is 1. The van der Waals surface area contributed by atoms with Crippen LogP contribution in [0.5, 0.6) is 5.75 Å². The van der Waals surface area contributed by atoms with E-state index in [9.17, 15) is 4.79 Å². The van der Waals surface area contributed by atoms with E-state index in [1.54, 1.807) is 25.4 Å². The van der Waals surface area contributed by atoms with Gasteiger partial charge in [0.05, 0.1) is 12.0 Å². The van der Waals surface area contributed by atoms with Crippen LogP contribution in [0.3, 0.4) is 0 Å². The van der Waals surface area contributed by atoms with Crippen LogP contribution in [0, 0.1) is 0 Å². The van der Waals surface area contributed by atoms with Crippen molar-refractivity contribution in [1.29, 1.82) is 0 Å². The lowest BCUT2D eigenvalue weighted by Gasteiger charge is -2.24. The molecule has 1 aliphatic rings. The maximum absolute atomic E-state index is 11.4. The number of ketones is 1. The Labute approximate surface area is 135 Å². The van der Waals surface area contributed by atoms with Gasteiger partial charge in [-0.2, -0.15) is 0 Å². The zero-order chi connectivity index (χ0) is 15.5. The molecule has 1 unspecified atom stereocenters. The lowest BCUT2D eigenvalue weighted by Crippen LogP contribution is -2.22. The van der Waals surface area contributed by atoms with Crippen LogP contribution in [0.4, 0.5) is 0 Å². The first kappa shape index (κ1) is 15.3. The van der Waals surface area contributed by atoms with Crippen molar-refractivity contribution < 1.29 is 9.53 Å². The summed E-state index contributed by atoms with van der Waals surface area (Å²) in [5.41, 5.74) is 2.56. The van der Waals surface area contributed by atoms with Crippen molar-refractivity contribution in [2.24, 2.45) is 0 Å². The number of likely N-dealkylation sites (tertiary alicyclic amines) is 1. The molecule has 0 N–H and O–H groups in total. The van der Waals surface area contributed by atoms with Gasteiger partial charge in [0.2, 0.25) is 0 Å². The highest BCUT2D eigenvalue weighted by molar-refractivity contribution is 7.12. The Morgan fingerprint density at radius 2 is 2.27 bits per heavy atom. The van der Waals surface area contributed by atoms with Crippen LogP contribution in [-0.4, -0.2) is 24.3 Å². The summed E-state index contributed by atoms with van der Waals surface area (Å²) in [5, 5.41) is 2.11. The third-order valence-corrected chi connectivity index (χ3v) is 5.31. The van der Waals surface area contributed by atoms with E-state index in [2.05, 4.69) is 28.5 Å².